The number of benzene rings is 1. The van der Waals surface area contributed by atoms with E-state index >= 15 is 0 Å². The fourth-order valence-electron chi connectivity index (χ4n) is 2.12. The maximum absolute atomic E-state index is 5.38. The molecule has 0 saturated heterocycles. The minimum Gasteiger partial charge on any atom is -0.454 e. The van der Waals surface area contributed by atoms with Crippen LogP contribution in [-0.4, -0.2) is 19.4 Å². The van der Waals surface area contributed by atoms with Crippen molar-refractivity contribution in [3.63, 3.8) is 0 Å². The monoisotopic (exact) mass is 259 g/mol. The molecule has 1 N–H and O–H groups in total. The van der Waals surface area contributed by atoms with E-state index in [9.17, 15) is 0 Å². The number of rotatable bonds is 7. The molecule has 3 heteroatoms. The van der Waals surface area contributed by atoms with Crippen LogP contribution in [0.1, 0.15) is 31.7 Å². The summed E-state index contributed by atoms with van der Waals surface area (Å²) < 4.78 is 10.7. The van der Waals surface area contributed by atoms with Crippen molar-refractivity contribution in [2.24, 2.45) is 0 Å². The van der Waals surface area contributed by atoms with Crippen molar-refractivity contribution in [2.75, 3.05) is 13.3 Å². The van der Waals surface area contributed by atoms with Gasteiger partial charge in [-0.3, -0.25) is 0 Å². The van der Waals surface area contributed by atoms with Crippen molar-refractivity contribution in [3.8, 4) is 23.8 Å². The largest absolute Gasteiger partial charge is 0.454 e. The summed E-state index contributed by atoms with van der Waals surface area (Å²) >= 11 is 0. The highest BCUT2D eigenvalue weighted by Gasteiger charge is 2.13. The molecule has 1 aromatic rings. The molecule has 1 unspecified atom stereocenters. The lowest BCUT2D eigenvalue weighted by molar-refractivity contribution is 0.174. The number of hydrogen-bond donors (Lipinski definition) is 1. The van der Waals surface area contributed by atoms with Crippen LogP contribution in [0.5, 0.6) is 11.5 Å². The van der Waals surface area contributed by atoms with Gasteiger partial charge in [0, 0.05) is 12.5 Å². The highest BCUT2D eigenvalue weighted by Crippen LogP contribution is 2.32. The van der Waals surface area contributed by atoms with Gasteiger partial charge >= 0.3 is 0 Å². The van der Waals surface area contributed by atoms with Gasteiger partial charge in [-0.05, 0) is 50.4 Å². The summed E-state index contributed by atoms with van der Waals surface area (Å²) in [5, 5.41) is 3.49. The van der Waals surface area contributed by atoms with E-state index in [4.69, 9.17) is 15.9 Å². The molecule has 1 aliphatic rings. The molecule has 3 nitrogen and oxygen atoms in total. The molecule has 0 fully saturated rings. The molecule has 0 aromatic heterocycles. The van der Waals surface area contributed by atoms with E-state index in [1.807, 2.05) is 6.07 Å². The number of fused-ring (bicyclic) bond motifs is 1. The first-order chi connectivity index (χ1) is 9.29. The number of unbranched alkanes of at least 4 members (excludes halogenated alkanes) is 1. The van der Waals surface area contributed by atoms with Crippen LogP contribution in [0.4, 0.5) is 0 Å². The zero-order valence-electron chi connectivity index (χ0n) is 11.4. The van der Waals surface area contributed by atoms with Crippen LogP contribution in [0.3, 0.4) is 0 Å². The Morgan fingerprint density at radius 2 is 2.21 bits per heavy atom. The minimum atomic E-state index is 0.339. The zero-order valence-corrected chi connectivity index (χ0v) is 11.4. The van der Waals surface area contributed by atoms with Crippen LogP contribution in [0.15, 0.2) is 18.2 Å². The average Bonchev–Trinajstić information content (AvgIpc) is 2.89. The number of nitrogens with one attached hydrogen (secondary N) is 1. The Labute approximate surface area is 115 Å². The average molecular weight is 259 g/mol. The molecule has 0 saturated carbocycles. The van der Waals surface area contributed by atoms with E-state index < -0.39 is 0 Å². The van der Waals surface area contributed by atoms with Gasteiger partial charge in [0.1, 0.15) is 0 Å². The van der Waals surface area contributed by atoms with E-state index in [2.05, 4.69) is 30.3 Å². The molecule has 102 valence electrons. The molecular formula is C16H21NO2. The van der Waals surface area contributed by atoms with Crippen molar-refractivity contribution in [1.29, 1.82) is 0 Å². The van der Waals surface area contributed by atoms with Gasteiger partial charge in [0.05, 0.1) is 0 Å². The molecule has 1 atom stereocenters. The van der Waals surface area contributed by atoms with Gasteiger partial charge in [-0.15, -0.1) is 12.3 Å². The highest BCUT2D eigenvalue weighted by atomic mass is 16.7. The SMILES string of the molecule is C#CCCCNC(C)CCc1ccc2c(c1)OCO2. The number of terminal acetylenes is 1. The molecular weight excluding hydrogens is 238 g/mol. The predicted octanol–water partition coefficient (Wildman–Crippen LogP) is 2.74. The second kappa shape index (κ2) is 7.06. The lowest BCUT2D eigenvalue weighted by Gasteiger charge is -2.13. The maximum atomic E-state index is 5.38. The number of hydrogen-bond acceptors (Lipinski definition) is 3. The molecule has 1 heterocycles. The first-order valence-electron chi connectivity index (χ1n) is 6.85. The third-order valence-electron chi connectivity index (χ3n) is 3.29. The van der Waals surface area contributed by atoms with E-state index in [1.54, 1.807) is 0 Å². The van der Waals surface area contributed by atoms with Gasteiger partial charge in [-0.25, -0.2) is 0 Å². The number of aryl methyl sites for hydroxylation is 1. The Morgan fingerprint density at radius 3 is 3.05 bits per heavy atom. The summed E-state index contributed by atoms with van der Waals surface area (Å²) in [6.07, 6.45) is 9.27. The van der Waals surface area contributed by atoms with Crippen molar-refractivity contribution in [2.45, 2.75) is 38.6 Å². The van der Waals surface area contributed by atoms with Crippen LogP contribution in [0.2, 0.25) is 0 Å². The normalized spacial score (nSPS) is 14.1. The van der Waals surface area contributed by atoms with Crippen molar-refractivity contribution in [3.05, 3.63) is 23.8 Å². The van der Waals surface area contributed by atoms with Crippen molar-refractivity contribution in [1.82, 2.24) is 5.32 Å². The zero-order chi connectivity index (χ0) is 13.5. The van der Waals surface area contributed by atoms with Crippen molar-refractivity contribution >= 4 is 0 Å². The molecule has 0 aliphatic carbocycles. The van der Waals surface area contributed by atoms with E-state index in [-0.39, 0.29) is 0 Å². The highest BCUT2D eigenvalue weighted by molar-refractivity contribution is 5.44. The first-order valence-corrected chi connectivity index (χ1v) is 6.85. The van der Waals surface area contributed by atoms with Gasteiger partial charge in [0.15, 0.2) is 11.5 Å². The first kappa shape index (κ1) is 13.8. The quantitative estimate of drug-likeness (QED) is 0.603. The number of ether oxygens (including phenoxy) is 2. The smallest absolute Gasteiger partial charge is 0.231 e. The van der Waals surface area contributed by atoms with Gasteiger partial charge < -0.3 is 14.8 Å². The Kier molecular flexibility index (Phi) is 5.11. The Balaban J connectivity index is 1.71. The summed E-state index contributed by atoms with van der Waals surface area (Å²) in [5.74, 6) is 4.38. The minimum absolute atomic E-state index is 0.339. The Bertz CT molecular complexity index is 451. The maximum Gasteiger partial charge on any atom is 0.231 e. The van der Waals surface area contributed by atoms with Crippen LogP contribution >= 0.6 is 0 Å². The summed E-state index contributed by atoms with van der Waals surface area (Å²) in [6.45, 7) is 3.54. The Morgan fingerprint density at radius 1 is 1.37 bits per heavy atom. The van der Waals surface area contributed by atoms with Gasteiger partial charge in [0.25, 0.3) is 0 Å². The molecule has 0 radical (unpaired) electrons. The molecule has 1 aromatic carbocycles. The van der Waals surface area contributed by atoms with Crippen LogP contribution < -0.4 is 14.8 Å². The van der Waals surface area contributed by atoms with Crippen LogP contribution in [0, 0.1) is 12.3 Å². The Hall–Kier alpha value is -1.66. The molecule has 2 rings (SSSR count). The summed E-state index contributed by atoms with van der Waals surface area (Å²) in [6, 6.07) is 6.68. The molecule has 1 aliphatic heterocycles. The lowest BCUT2D eigenvalue weighted by atomic mass is 10.1. The van der Waals surface area contributed by atoms with Crippen LogP contribution in [-0.2, 0) is 6.42 Å². The second-order valence-corrected chi connectivity index (χ2v) is 4.89. The van der Waals surface area contributed by atoms with Gasteiger partial charge in [-0.2, -0.15) is 0 Å². The van der Waals surface area contributed by atoms with E-state index in [0.717, 1.165) is 43.7 Å². The summed E-state index contributed by atoms with van der Waals surface area (Å²) in [4.78, 5) is 0. The molecule has 0 amide bonds. The topological polar surface area (TPSA) is 30.5 Å². The standard InChI is InChI=1S/C16H21NO2/c1-3-4-5-10-17-13(2)6-7-14-8-9-15-16(11-14)19-12-18-15/h1,8-9,11,13,17H,4-7,10,12H2,2H3. The molecule has 0 spiro atoms. The third kappa shape index (κ3) is 4.18. The molecule has 0 bridgehead atoms. The lowest BCUT2D eigenvalue weighted by Crippen LogP contribution is -2.27. The summed E-state index contributed by atoms with van der Waals surface area (Å²) in [7, 11) is 0. The van der Waals surface area contributed by atoms with Crippen LogP contribution in [0.25, 0.3) is 0 Å². The fraction of sp³-hybridized carbons (Fsp3) is 0.500. The van der Waals surface area contributed by atoms with Gasteiger partial charge in [0.2, 0.25) is 6.79 Å². The predicted molar refractivity (Wildman–Crippen MR) is 76.4 cm³/mol. The fourth-order valence-corrected chi connectivity index (χ4v) is 2.12. The van der Waals surface area contributed by atoms with E-state index in [0.29, 0.717) is 12.8 Å². The summed E-state index contributed by atoms with van der Waals surface area (Å²) in [5.41, 5.74) is 1.29. The molecule has 19 heavy (non-hydrogen) atoms. The third-order valence-corrected chi connectivity index (χ3v) is 3.29. The second-order valence-electron chi connectivity index (χ2n) is 4.89. The van der Waals surface area contributed by atoms with E-state index in [1.165, 1.54) is 5.56 Å². The van der Waals surface area contributed by atoms with Crippen molar-refractivity contribution < 1.29 is 9.47 Å². The van der Waals surface area contributed by atoms with Gasteiger partial charge in [-0.1, -0.05) is 6.07 Å².